The quantitative estimate of drug-likeness (QED) is 0.597. The number of ether oxygens (including phenoxy) is 1. The van der Waals surface area contributed by atoms with E-state index in [9.17, 15) is 5.11 Å². The molecule has 0 saturated heterocycles. The standard InChI is InChI=1S/C20H16N4O2/c25-20-18-16(13-26-12-14-4-2-1-3-5-14)10-22-11-17(18)23-19(24-20)15-6-8-21-9-7-15/h1-11H,12-13H2,(H,23,24,25). The molecular weight excluding hydrogens is 328 g/mol. The molecule has 0 aliphatic carbocycles. The van der Waals surface area contributed by atoms with Crippen LogP contribution < -0.4 is 0 Å². The van der Waals surface area contributed by atoms with E-state index >= 15 is 0 Å². The fraction of sp³-hybridized carbons (Fsp3) is 0.100. The molecular formula is C20H16N4O2. The monoisotopic (exact) mass is 344 g/mol. The molecule has 4 aromatic rings. The van der Waals surface area contributed by atoms with E-state index in [0.717, 1.165) is 16.7 Å². The van der Waals surface area contributed by atoms with Gasteiger partial charge >= 0.3 is 0 Å². The van der Waals surface area contributed by atoms with Crippen molar-refractivity contribution in [1.82, 2.24) is 19.9 Å². The van der Waals surface area contributed by atoms with Gasteiger partial charge in [-0.25, -0.2) is 4.98 Å². The number of pyridine rings is 2. The molecule has 0 aliphatic rings. The van der Waals surface area contributed by atoms with E-state index in [2.05, 4.69) is 19.9 Å². The second-order valence-electron chi connectivity index (χ2n) is 5.78. The minimum atomic E-state index is -0.0810. The van der Waals surface area contributed by atoms with Crippen molar-refractivity contribution in [2.45, 2.75) is 13.2 Å². The summed E-state index contributed by atoms with van der Waals surface area (Å²) in [5.41, 5.74) is 3.19. The predicted molar refractivity (Wildman–Crippen MR) is 97.2 cm³/mol. The van der Waals surface area contributed by atoms with Crippen LogP contribution in [0.2, 0.25) is 0 Å². The highest BCUT2D eigenvalue weighted by Crippen LogP contribution is 2.28. The molecule has 6 nitrogen and oxygen atoms in total. The zero-order valence-corrected chi connectivity index (χ0v) is 13.9. The zero-order valence-electron chi connectivity index (χ0n) is 13.9. The highest BCUT2D eigenvalue weighted by Gasteiger charge is 2.13. The molecule has 1 aromatic carbocycles. The predicted octanol–water partition coefficient (Wildman–Crippen LogP) is 3.51. The van der Waals surface area contributed by atoms with Crippen LogP contribution in [0.5, 0.6) is 5.88 Å². The molecule has 0 spiro atoms. The number of fused-ring (bicyclic) bond motifs is 1. The van der Waals surface area contributed by atoms with E-state index < -0.39 is 0 Å². The van der Waals surface area contributed by atoms with Gasteiger partial charge in [-0.15, -0.1) is 0 Å². The van der Waals surface area contributed by atoms with Gasteiger partial charge in [0.2, 0.25) is 5.88 Å². The van der Waals surface area contributed by atoms with E-state index in [4.69, 9.17) is 4.74 Å². The van der Waals surface area contributed by atoms with Gasteiger partial charge in [-0.05, 0) is 17.7 Å². The summed E-state index contributed by atoms with van der Waals surface area (Å²) in [6.07, 6.45) is 6.60. The van der Waals surface area contributed by atoms with Crippen molar-refractivity contribution in [3.8, 4) is 17.3 Å². The van der Waals surface area contributed by atoms with Crippen molar-refractivity contribution in [2.75, 3.05) is 0 Å². The third-order valence-electron chi connectivity index (χ3n) is 3.97. The molecule has 0 fully saturated rings. The van der Waals surface area contributed by atoms with Crippen molar-refractivity contribution >= 4 is 10.9 Å². The molecule has 0 unspecified atom stereocenters. The normalized spacial score (nSPS) is 10.9. The van der Waals surface area contributed by atoms with Gasteiger partial charge in [0.25, 0.3) is 0 Å². The molecule has 3 heterocycles. The second-order valence-corrected chi connectivity index (χ2v) is 5.78. The molecule has 128 valence electrons. The van der Waals surface area contributed by atoms with Crippen LogP contribution in [0.3, 0.4) is 0 Å². The van der Waals surface area contributed by atoms with Crippen LogP contribution in [-0.2, 0) is 18.0 Å². The van der Waals surface area contributed by atoms with Gasteiger partial charge in [0, 0.05) is 29.7 Å². The highest BCUT2D eigenvalue weighted by atomic mass is 16.5. The average molecular weight is 344 g/mol. The van der Waals surface area contributed by atoms with E-state index in [0.29, 0.717) is 29.9 Å². The average Bonchev–Trinajstić information content (AvgIpc) is 2.69. The smallest absolute Gasteiger partial charge is 0.223 e. The summed E-state index contributed by atoms with van der Waals surface area (Å²) < 4.78 is 5.77. The van der Waals surface area contributed by atoms with Crippen molar-refractivity contribution in [3.63, 3.8) is 0 Å². The van der Waals surface area contributed by atoms with Gasteiger partial charge in [-0.1, -0.05) is 30.3 Å². The maximum absolute atomic E-state index is 10.5. The van der Waals surface area contributed by atoms with Crippen LogP contribution >= 0.6 is 0 Å². The second kappa shape index (κ2) is 7.25. The summed E-state index contributed by atoms with van der Waals surface area (Å²) in [6.45, 7) is 0.790. The molecule has 0 radical (unpaired) electrons. The van der Waals surface area contributed by atoms with E-state index in [1.807, 2.05) is 30.3 Å². The number of aromatic nitrogens is 4. The Morgan fingerprint density at radius 3 is 2.46 bits per heavy atom. The van der Waals surface area contributed by atoms with Crippen LogP contribution in [-0.4, -0.2) is 25.0 Å². The van der Waals surface area contributed by atoms with Gasteiger partial charge in [0.15, 0.2) is 5.82 Å². The van der Waals surface area contributed by atoms with Crippen LogP contribution in [0.4, 0.5) is 0 Å². The lowest BCUT2D eigenvalue weighted by molar-refractivity contribution is 0.107. The van der Waals surface area contributed by atoms with Crippen molar-refractivity contribution in [2.24, 2.45) is 0 Å². The Kier molecular flexibility index (Phi) is 4.49. The maximum atomic E-state index is 10.5. The number of aromatic hydroxyl groups is 1. The lowest BCUT2D eigenvalue weighted by Crippen LogP contribution is -1.99. The van der Waals surface area contributed by atoms with Crippen LogP contribution in [0, 0.1) is 0 Å². The summed E-state index contributed by atoms with van der Waals surface area (Å²) in [5.74, 6) is 0.351. The first-order valence-corrected chi connectivity index (χ1v) is 8.17. The molecule has 0 saturated carbocycles. The number of hydrogen-bond acceptors (Lipinski definition) is 6. The maximum Gasteiger partial charge on any atom is 0.223 e. The van der Waals surface area contributed by atoms with Crippen molar-refractivity contribution < 1.29 is 9.84 Å². The molecule has 0 bridgehead atoms. The fourth-order valence-electron chi connectivity index (χ4n) is 2.72. The molecule has 4 rings (SSSR count). The van der Waals surface area contributed by atoms with Gasteiger partial charge in [-0.2, -0.15) is 4.98 Å². The number of nitrogens with zero attached hydrogens (tertiary/aromatic N) is 4. The van der Waals surface area contributed by atoms with Gasteiger partial charge in [0.1, 0.15) is 0 Å². The van der Waals surface area contributed by atoms with Crippen molar-refractivity contribution in [1.29, 1.82) is 0 Å². The molecule has 26 heavy (non-hydrogen) atoms. The fourth-order valence-corrected chi connectivity index (χ4v) is 2.72. The number of hydrogen-bond donors (Lipinski definition) is 1. The summed E-state index contributed by atoms with van der Waals surface area (Å²) >= 11 is 0. The largest absolute Gasteiger partial charge is 0.493 e. The summed E-state index contributed by atoms with van der Waals surface area (Å²) in [6, 6.07) is 13.5. The summed E-state index contributed by atoms with van der Waals surface area (Å²) in [7, 11) is 0. The SMILES string of the molecule is Oc1nc(-c2ccncc2)nc2cncc(COCc3ccccc3)c12. The lowest BCUT2D eigenvalue weighted by atomic mass is 10.1. The Hall–Kier alpha value is -3.38. The van der Waals surface area contributed by atoms with Gasteiger partial charge in [0.05, 0.1) is 30.3 Å². The van der Waals surface area contributed by atoms with E-state index in [1.54, 1.807) is 36.9 Å². The minimum Gasteiger partial charge on any atom is -0.493 e. The Labute approximate surface area is 150 Å². The molecule has 3 aromatic heterocycles. The first-order chi connectivity index (χ1) is 12.8. The Morgan fingerprint density at radius 1 is 0.846 bits per heavy atom. The number of rotatable bonds is 5. The Morgan fingerprint density at radius 2 is 1.65 bits per heavy atom. The van der Waals surface area contributed by atoms with E-state index in [1.165, 1.54) is 0 Å². The Bertz CT molecular complexity index is 1020. The molecule has 1 N–H and O–H groups in total. The van der Waals surface area contributed by atoms with Crippen molar-refractivity contribution in [3.05, 3.63) is 78.4 Å². The first kappa shape index (κ1) is 16.1. The molecule has 0 aliphatic heterocycles. The molecule has 6 heteroatoms. The zero-order chi connectivity index (χ0) is 17.8. The number of benzene rings is 1. The van der Waals surface area contributed by atoms with E-state index in [-0.39, 0.29) is 5.88 Å². The third kappa shape index (κ3) is 3.36. The minimum absolute atomic E-state index is 0.0810. The molecule has 0 atom stereocenters. The lowest BCUT2D eigenvalue weighted by Gasteiger charge is -2.09. The first-order valence-electron chi connectivity index (χ1n) is 8.17. The Balaban J connectivity index is 1.62. The summed E-state index contributed by atoms with van der Waals surface area (Å²) in [4.78, 5) is 17.0. The van der Waals surface area contributed by atoms with Gasteiger partial charge < -0.3 is 9.84 Å². The highest BCUT2D eigenvalue weighted by molar-refractivity contribution is 5.87. The summed E-state index contributed by atoms with van der Waals surface area (Å²) in [5, 5.41) is 11.0. The third-order valence-corrected chi connectivity index (χ3v) is 3.97. The molecule has 0 amide bonds. The van der Waals surface area contributed by atoms with Crippen LogP contribution in [0.15, 0.2) is 67.3 Å². The van der Waals surface area contributed by atoms with Crippen LogP contribution in [0.25, 0.3) is 22.3 Å². The van der Waals surface area contributed by atoms with Gasteiger partial charge in [-0.3, -0.25) is 9.97 Å². The topological polar surface area (TPSA) is 81.0 Å². The van der Waals surface area contributed by atoms with Crippen LogP contribution in [0.1, 0.15) is 11.1 Å².